The normalized spacial score (nSPS) is 16.1. The Morgan fingerprint density at radius 1 is 0.850 bits per heavy atom. The van der Waals surface area contributed by atoms with E-state index in [1.165, 1.54) is 13.8 Å². The quantitative estimate of drug-likeness (QED) is 0.231. The summed E-state index contributed by atoms with van der Waals surface area (Å²) < 4.78 is 0. The highest BCUT2D eigenvalue weighted by Gasteiger charge is 2.44. The van der Waals surface area contributed by atoms with Gasteiger partial charge in [0.25, 0.3) is 11.6 Å². The summed E-state index contributed by atoms with van der Waals surface area (Å²) in [5.74, 6) is -10.3. The number of aliphatic hydroxyl groups is 4. The van der Waals surface area contributed by atoms with Crippen LogP contribution in [0.2, 0.25) is 0 Å². The molecule has 0 saturated carbocycles. The number of carbonyl (C=O) groups is 2. The molecule has 0 aromatic carbocycles. The third-order valence-corrected chi connectivity index (χ3v) is 2.68. The number of aliphatic carboxylic acids is 2. The van der Waals surface area contributed by atoms with E-state index in [2.05, 4.69) is 10.2 Å². The summed E-state index contributed by atoms with van der Waals surface area (Å²) in [6.45, 7) is 2.80. The fraction of sp³-hybridized carbons (Fsp3) is 0.800. The topological polar surface area (TPSA) is 180 Å². The van der Waals surface area contributed by atoms with E-state index in [-0.39, 0.29) is 12.8 Å². The predicted molar refractivity (Wildman–Crippen MR) is 62.6 cm³/mol. The van der Waals surface area contributed by atoms with Crippen LogP contribution >= 0.6 is 0 Å². The summed E-state index contributed by atoms with van der Waals surface area (Å²) in [4.78, 5) is 21.3. The van der Waals surface area contributed by atoms with Gasteiger partial charge in [-0.1, -0.05) is 13.8 Å². The molecular formula is C10H18N2O8. The van der Waals surface area contributed by atoms with Gasteiger partial charge in [0.2, 0.25) is 0 Å². The van der Waals surface area contributed by atoms with Crippen molar-refractivity contribution >= 4 is 11.9 Å². The molecule has 0 fully saturated rings. The lowest BCUT2D eigenvalue weighted by molar-refractivity contribution is -0.214. The lowest BCUT2D eigenvalue weighted by atomic mass is 10.1. The summed E-state index contributed by atoms with van der Waals surface area (Å²) in [5, 5.41) is 61.1. The Morgan fingerprint density at radius 3 is 1.25 bits per heavy atom. The van der Waals surface area contributed by atoms with Crippen molar-refractivity contribution in [2.45, 2.75) is 50.3 Å². The molecule has 2 atom stereocenters. The molecule has 0 spiro atoms. The van der Waals surface area contributed by atoms with E-state index < -0.39 is 35.6 Å². The summed E-state index contributed by atoms with van der Waals surface area (Å²) in [7, 11) is 0. The number of carboxylic acids is 2. The fourth-order valence-electron chi connectivity index (χ4n) is 1.34. The number of rotatable bonds is 8. The van der Waals surface area contributed by atoms with Crippen LogP contribution in [0.4, 0.5) is 0 Å². The van der Waals surface area contributed by atoms with E-state index in [4.69, 9.17) is 10.2 Å². The van der Waals surface area contributed by atoms with Gasteiger partial charge in [-0.3, -0.25) is 0 Å². The van der Waals surface area contributed by atoms with Gasteiger partial charge in [-0.25, -0.2) is 9.59 Å². The molecule has 10 heteroatoms. The molecule has 116 valence electrons. The second-order valence-electron chi connectivity index (χ2n) is 4.14. The monoisotopic (exact) mass is 294 g/mol. The zero-order valence-electron chi connectivity index (χ0n) is 11.0. The number of hydrogen-bond acceptors (Lipinski definition) is 8. The average molecular weight is 294 g/mol. The predicted octanol–water partition coefficient (Wildman–Crippen LogP) is -1.47. The van der Waals surface area contributed by atoms with Crippen LogP contribution in [-0.4, -0.2) is 66.2 Å². The van der Waals surface area contributed by atoms with Crippen LogP contribution in [-0.2, 0) is 9.59 Å². The highest BCUT2D eigenvalue weighted by molar-refractivity contribution is 5.76. The highest BCUT2D eigenvalue weighted by atomic mass is 16.5. The molecule has 2 unspecified atom stereocenters. The van der Waals surface area contributed by atoms with Gasteiger partial charge in [0.05, 0.1) is 0 Å². The first-order valence-corrected chi connectivity index (χ1v) is 5.77. The molecule has 0 rings (SSSR count). The minimum atomic E-state index is -3.19. The number of hydrogen-bond donors (Lipinski definition) is 6. The van der Waals surface area contributed by atoms with Gasteiger partial charge >= 0.3 is 11.9 Å². The maximum atomic E-state index is 10.6. The van der Waals surface area contributed by atoms with Gasteiger partial charge in [-0.2, -0.15) is 10.2 Å². The van der Waals surface area contributed by atoms with E-state index in [0.29, 0.717) is 0 Å². The fourth-order valence-corrected chi connectivity index (χ4v) is 1.34. The molecule has 20 heavy (non-hydrogen) atoms. The van der Waals surface area contributed by atoms with Crippen molar-refractivity contribution in [3.8, 4) is 0 Å². The maximum absolute atomic E-state index is 10.6. The molecule has 0 saturated heterocycles. The Bertz CT molecular complexity index is 357. The first-order valence-electron chi connectivity index (χ1n) is 5.77. The lowest BCUT2D eigenvalue weighted by Crippen LogP contribution is -2.50. The van der Waals surface area contributed by atoms with Crippen molar-refractivity contribution in [1.29, 1.82) is 0 Å². The zero-order chi connectivity index (χ0) is 16.1. The van der Waals surface area contributed by atoms with Gasteiger partial charge < -0.3 is 30.6 Å². The van der Waals surface area contributed by atoms with E-state index in [1.54, 1.807) is 0 Å². The molecule has 0 aromatic heterocycles. The molecule has 0 aliphatic carbocycles. The van der Waals surface area contributed by atoms with Crippen molar-refractivity contribution in [2.24, 2.45) is 10.2 Å². The zero-order valence-corrected chi connectivity index (χ0v) is 11.0. The standard InChI is InChI=1S/C10H18N2O8/c1-3-5(9(17,18)7(13)14)11-12-6(4-2)10(19,20)8(15)16/h5-6,17-20H,3-4H2,1-2H3,(H,13,14)(H,15,16). The van der Waals surface area contributed by atoms with Crippen LogP contribution in [0.3, 0.4) is 0 Å². The van der Waals surface area contributed by atoms with E-state index in [0.717, 1.165) is 0 Å². The molecule has 0 bridgehead atoms. The van der Waals surface area contributed by atoms with E-state index in [9.17, 15) is 30.0 Å². The molecule has 0 amide bonds. The van der Waals surface area contributed by atoms with Gasteiger partial charge in [0.1, 0.15) is 12.1 Å². The summed E-state index contributed by atoms with van der Waals surface area (Å²) >= 11 is 0. The summed E-state index contributed by atoms with van der Waals surface area (Å²) in [5.41, 5.74) is 0. The second-order valence-corrected chi connectivity index (χ2v) is 4.14. The van der Waals surface area contributed by atoms with Crippen molar-refractivity contribution in [3.63, 3.8) is 0 Å². The van der Waals surface area contributed by atoms with E-state index in [1.807, 2.05) is 0 Å². The first-order chi connectivity index (χ1) is 9.01. The van der Waals surface area contributed by atoms with Crippen LogP contribution in [0.1, 0.15) is 26.7 Å². The molecule has 0 aliphatic rings. The van der Waals surface area contributed by atoms with Crippen molar-refractivity contribution in [3.05, 3.63) is 0 Å². The van der Waals surface area contributed by atoms with Crippen molar-refractivity contribution < 1.29 is 40.2 Å². The molecule has 10 nitrogen and oxygen atoms in total. The maximum Gasteiger partial charge on any atom is 0.366 e. The largest absolute Gasteiger partial charge is 0.477 e. The minimum Gasteiger partial charge on any atom is -0.477 e. The molecule has 0 aliphatic heterocycles. The molecular weight excluding hydrogens is 276 g/mol. The second kappa shape index (κ2) is 6.70. The Kier molecular flexibility index (Phi) is 6.16. The van der Waals surface area contributed by atoms with Gasteiger partial charge in [-0.05, 0) is 12.8 Å². The Balaban J connectivity index is 5.24. The van der Waals surface area contributed by atoms with Crippen LogP contribution in [0.5, 0.6) is 0 Å². The first kappa shape index (κ1) is 18.4. The SMILES string of the molecule is CCC(N=NC(CC)C(O)(O)C(=O)O)C(O)(O)C(=O)O. The third kappa shape index (κ3) is 3.93. The lowest BCUT2D eigenvalue weighted by Gasteiger charge is -2.25. The van der Waals surface area contributed by atoms with Gasteiger partial charge in [0.15, 0.2) is 0 Å². The smallest absolute Gasteiger partial charge is 0.366 e. The molecule has 6 N–H and O–H groups in total. The minimum absolute atomic E-state index is 0.129. The van der Waals surface area contributed by atoms with Gasteiger partial charge in [0, 0.05) is 0 Å². The third-order valence-electron chi connectivity index (χ3n) is 2.68. The van der Waals surface area contributed by atoms with Crippen molar-refractivity contribution in [1.82, 2.24) is 0 Å². The Labute approximate surface area is 114 Å². The Hall–Kier alpha value is -1.62. The van der Waals surface area contributed by atoms with Crippen LogP contribution in [0.25, 0.3) is 0 Å². The summed E-state index contributed by atoms with van der Waals surface area (Å²) in [6.07, 6.45) is -0.258. The number of azo groups is 1. The molecule has 0 aromatic rings. The number of nitrogens with zero attached hydrogens (tertiary/aromatic N) is 2. The highest BCUT2D eigenvalue weighted by Crippen LogP contribution is 2.19. The molecule has 0 heterocycles. The van der Waals surface area contributed by atoms with E-state index >= 15 is 0 Å². The van der Waals surface area contributed by atoms with Crippen LogP contribution in [0, 0.1) is 0 Å². The summed E-state index contributed by atoms with van der Waals surface area (Å²) in [6, 6.07) is -3.17. The van der Waals surface area contributed by atoms with Crippen molar-refractivity contribution in [2.75, 3.05) is 0 Å². The van der Waals surface area contributed by atoms with Crippen LogP contribution in [0.15, 0.2) is 10.2 Å². The van der Waals surface area contributed by atoms with Gasteiger partial charge in [-0.15, -0.1) is 0 Å². The Morgan fingerprint density at radius 2 is 1.10 bits per heavy atom. The average Bonchev–Trinajstić information content (AvgIpc) is 2.33. The molecule has 0 radical (unpaired) electrons. The van der Waals surface area contributed by atoms with Crippen LogP contribution < -0.4 is 0 Å². The number of carboxylic acid groups (broad SMARTS) is 2.